The van der Waals surface area contributed by atoms with E-state index in [-0.39, 0.29) is 6.61 Å². The maximum absolute atomic E-state index is 9.13. The Morgan fingerprint density at radius 1 is 1.40 bits per heavy atom. The number of aliphatic hydroxyl groups is 2. The maximum atomic E-state index is 9.13. The van der Waals surface area contributed by atoms with Gasteiger partial charge in [0.2, 0.25) is 0 Å². The molecule has 10 heavy (non-hydrogen) atoms. The Morgan fingerprint density at radius 2 is 2.00 bits per heavy atom. The van der Waals surface area contributed by atoms with Crippen molar-refractivity contribution >= 4 is 0 Å². The van der Waals surface area contributed by atoms with Crippen molar-refractivity contribution in [2.45, 2.75) is 12.6 Å². The van der Waals surface area contributed by atoms with Gasteiger partial charge in [0.05, 0.1) is 0 Å². The average molecular weight is 143 g/mol. The van der Waals surface area contributed by atoms with Gasteiger partial charge < -0.3 is 10.2 Å². The summed E-state index contributed by atoms with van der Waals surface area (Å²) < 4.78 is 1.43. The zero-order valence-corrected chi connectivity index (χ0v) is 5.38. The van der Waals surface area contributed by atoms with Crippen molar-refractivity contribution in [2.24, 2.45) is 0 Å². The summed E-state index contributed by atoms with van der Waals surface area (Å²) in [6.07, 6.45) is 2.40. The Bertz CT molecular complexity index is 175. The second-order valence-electron chi connectivity index (χ2n) is 1.90. The van der Waals surface area contributed by atoms with Crippen molar-refractivity contribution in [2.75, 3.05) is 6.61 Å². The van der Waals surface area contributed by atoms with Gasteiger partial charge in [-0.3, -0.25) is 4.57 Å². The molecule has 1 unspecified atom stereocenters. The molecule has 1 atom stereocenters. The third-order valence-corrected chi connectivity index (χ3v) is 1.17. The molecule has 0 spiro atoms. The highest BCUT2D eigenvalue weighted by atomic mass is 16.3. The minimum Gasteiger partial charge on any atom is -0.396 e. The Morgan fingerprint density at radius 3 is 2.50 bits per heavy atom. The van der Waals surface area contributed by atoms with Crippen LogP contribution >= 0.6 is 0 Å². The molecule has 1 rings (SSSR count). The van der Waals surface area contributed by atoms with Gasteiger partial charge in [0.1, 0.15) is 18.9 Å². The molecule has 0 aliphatic rings. The second kappa shape index (κ2) is 3.28. The van der Waals surface area contributed by atoms with Crippen molar-refractivity contribution in [1.82, 2.24) is 14.8 Å². The summed E-state index contributed by atoms with van der Waals surface area (Å²) in [4.78, 5) is 0. The summed E-state index contributed by atoms with van der Waals surface area (Å²) in [5, 5.41) is 24.5. The van der Waals surface area contributed by atoms with Crippen LogP contribution in [0.1, 0.15) is 12.6 Å². The van der Waals surface area contributed by atoms with E-state index in [0.29, 0.717) is 6.42 Å². The molecule has 0 radical (unpaired) electrons. The fourth-order valence-corrected chi connectivity index (χ4v) is 0.627. The molecule has 0 aliphatic carbocycles. The summed E-state index contributed by atoms with van der Waals surface area (Å²) in [7, 11) is 0. The monoisotopic (exact) mass is 143 g/mol. The highest BCUT2D eigenvalue weighted by molar-refractivity contribution is 4.64. The molecule has 1 aromatic heterocycles. The fourth-order valence-electron chi connectivity index (χ4n) is 0.627. The summed E-state index contributed by atoms with van der Waals surface area (Å²) in [6, 6.07) is 0. The van der Waals surface area contributed by atoms with E-state index in [1.165, 1.54) is 17.2 Å². The minimum atomic E-state index is -0.708. The van der Waals surface area contributed by atoms with E-state index in [1.54, 1.807) is 0 Å². The summed E-state index contributed by atoms with van der Waals surface area (Å²) in [5.74, 6) is 0. The largest absolute Gasteiger partial charge is 0.396 e. The van der Waals surface area contributed by atoms with Crippen LogP contribution in [-0.2, 0) is 0 Å². The van der Waals surface area contributed by atoms with E-state index in [1.807, 2.05) is 0 Å². The van der Waals surface area contributed by atoms with Crippen LogP contribution in [0.2, 0.25) is 0 Å². The molecule has 56 valence electrons. The number of hydrogen-bond acceptors (Lipinski definition) is 4. The number of rotatable bonds is 3. The Balaban J connectivity index is 2.50. The van der Waals surface area contributed by atoms with Gasteiger partial charge in [-0.05, 0) is 0 Å². The molecule has 0 amide bonds. The molecule has 2 N–H and O–H groups in total. The van der Waals surface area contributed by atoms with Crippen molar-refractivity contribution < 1.29 is 10.2 Å². The van der Waals surface area contributed by atoms with Gasteiger partial charge in [-0.2, -0.15) is 0 Å². The van der Waals surface area contributed by atoms with Crippen LogP contribution in [0, 0.1) is 0 Å². The molecule has 5 heteroatoms. The number of aliphatic hydroxyl groups excluding tert-OH is 2. The molecular weight excluding hydrogens is 134 g/mol. The quantitative estimate of drug-likeness (QED) is 0.578. The van der Waals surface area contributed by atoms with Gasteiger partial charge in [-0.15, -0.1) is 10.2 Å². The average Bonchev–Trinajstić information content (AvgIpc) is 2.38. The lowest BCUT2D eigenvalue weighted by Crippen LogP contribution is -2.07. The van der Waals surface area contributed by atoms with Gasteiger partial charge in [-0.25, -0.2) is 0 Å². The van der Waals surface area contributed by atoms with Crippen molar-refractivity contribution in [1.29, 1.82) is 0 Å². The molecule has 0 aliphatic heterocycles. The Labute approximate surface area is 57.9 Å². The van der Waals surface area contributed by atoms with Gasteiger partial charge in [0, 0.05) is 13.0 Å². The third kappa shape index (κ3) is 1.52. The summed E-state index contributed by atoms with van der Waals surface area (Å²) in [5.41, 5.74) is 0. The summed E-state index contributed by atoms with van der Waals surface area (Å²) >= 11 is 0. The Kier molecular flexibility index (Phi) is 2.35. The molecule has 0 saturated carbocycles. The standard InChI is InChI=1S/C5H9N3O2/c9-2-1-5(10)8-3-6-7-4-8/h3-5,9-10H,1-2H2. The lowest BCUT2D eigenvalue weighted by molar-refractivity contribution is 0.0725. The topological polar surface area (TPSA) is 71.2 Å². The molecule has 0 fully saturated rings. The minimum absolute atomic E-state index is 0.0423. The van der Waals surface area contributed by atoms with Crippen molar-refractivity contribution in [3.05, 3.63) is 12.7 Å². The SMILES string of the molecule is OCCC(O)n1cnnc1. The van der Waals surface area contributed by atoms with Crippen LogP contribution in [0.5, 0.6) is 0 Å². The zero-order chi connectivity index (χ0) is 7.40. The van der Waals surface area contributed by atoms with Crippen LogP contribution in [-0.4, -0.2) is 31.6 Å². The predicted octanol–water partition coefficient (Wildman–Crippen LogP) is -0.849. The Hall–Kier alpha value is -0.940. The molecule has 0 bridgehead atoms. The molecule has 0 saturated heterocycles. The normalized spacial score (nSPS) is 13.4. The van der Waals surface area contributed by atoms with Gasteiger partial charge in [0.25, 0.3) is 0 Å². The fraction of sp³-hybridized carbons (Fsp3) is 0.600. The van der Waals surface area contributed by atoms with E-state index >= 15 is 0 Å². The molecular formula is C5H9N3O2. The van der Waals surface area contributed by atoms with E-state index in [2.05, 4.69) is 10.2 Å². The van der Waals surface area contributed by atoms with Crippen molar-refractivity contribution in [3.8, 4) is 0 Å². The van der Waals surface area contributed by atoms with Gasteiger partial charge in [-0.1, -0.05) is 0 Å². The predicted molar refractivity (Wildman–Crippen MR) is 33.0 cm³/mol. The smallest absolute Gasteiger partial charge is 0.135 e. The number of nitrogens with zero attached hydrogens (tertiary/aromatic N) is 3. The first kappa shape index (κ1) is 7.17. The maximum Gasteiger partial charge on any atom is 0.135 e. The number of aromatic nitrogens is 3. The molecule has 0 aromatic carbocycles. The van der Waals surface area contributed by atoms with Crippen LogP contribution in [0.15, 0.2) is 12.7 Å². The first-order chi connectivity index (χ1) is 4.84. The highest BCUT2D eigenvalue weighted by Crippen LogP contribution is 2.03. The van der Waals surface area contributed by atoms with Crippen LogP contribution in [0.3, 0.4) is 0 Å². The van der Waals surface area contributed by atoms with E-state index in [0.717, 1.165) is 0 Å². The highest BCUT2D eigenvalue weighted by Gasteiger charge is 2.03. The summed E-state index contributed by atoms with van der Waals surface area (Å²) in [6.45, 7) is -0.0423. The van der Waals surface area contributed by atoms with E-state index in [4.69, 9.17) is 10.2 Å². The first-order valence-corrected chi connectivity index (χ1v) is 2.97. The lowest BCUT2D eigenvalue weighted by Gasteiger charge is -2.07. The van der Waals surface area contributed by atoms with E-state index < -0.39 is 6.23 Å². The van der Waals surface area contributed by atoms with Gasteiger partial charge in [0.15, 0.2) is 0 Å². The van der Waals surface area contributed by atoms with Crippen LogP contribution < -0.4 is 0 Å². The van der Waals surface area contributed by atoms with E-state index in [9.17, 15) is 0 Å². The lowest BCUT2D eigenvalue weighted by atomic mass is 10.4. The zero-order valence-electron chi connectivity index (χ0n) is 5.38. The van der Waals surface area contributed by atoms with Crippen molar-refractivity contribution in [3.63, 3.8) is 0 Å². The molecule has 5 nitrogen and oxygen atoms in total. The third-order valence-electron chi connectivity index (χ3n) is 1.17. The second-order valence-corrected chi connectivity index (χ2v) is 1.90. The molecule has 1 heterocycles. The first-order valence-electron chi connectivity index (χ1n) is 2.97. The van der Waals surface area contributed by atoms with Crippen LogP contribution in [0.25, 0.3) is 0 Å². The van der Waals surface area contributed by atoms with Gasteiger partial charge >= 0.3 is 0 Å². The molecule has 1 aromatic rings. The van der Waals surface area contributed by atoms with Crippen LogP contribution in [0.4, 0.5) is 0 Å². The number of hydrogen-bond donors (Lipinski definition) is 2.